The monoisotopic (exact) mass is 506 g/mol. The second-order valence-electron chi connectivity index (χ2n) is 6.99. The molecule has 0 aliphatic carbocycles. The van der Waals surface area contributed by atoms with Crippen LogP contribution in [0.15, 0.2) is 36.4 Å². The summed E-state index contributed by atoms with van der Waals surface area (Å²) in [6.45, 7) is -1.91. The van der Waals surface area contributed by atoms with Gasteiger partial charge in [-0.25, -0.2) is 8.78 Å². The SMILES string of the molecule is O=C(COc1ccc(Cl)c(F)c1)NCCC(O)(CO)CNC(=O)COc1ccc(Cl)c(F)c1. The smallest absolute Gasteiger partial charge is 0.258 e. The van der Waals surface area contributed by atoms with E-state index in [1.165, 1.54) is 24.3 Å². The predicted molar refractivity (Wildman–Crippen MR) is 116 cm³/mol. The molecule has 0 fully saturated rings. The standard InChI is InChI=1S/C21H22Cl2F2N2O6/c22-15-3-1-13(7-17(15)24)32-9-19(29)26-6-5-21(31,12-28)11-27-20(30)10-33-14-2-4-16(23)18(25)8-14/h1-4,7-8,28,31H,5-6,9-12H2,(H,26,29)(H,27,30). The highest BCUT2D eigenvalue weighted by molar-refractivity contribution is 6.31. The lowest BCUT2D eigenvalue weighted by Crippen LogP contribution is -2.48. The van der Waals surface area contributed by atoms with Crippen molar-refractivity contribution in [3.8, 4) is 11.5 Å². The summed E-state index contributed by atoms with van der Waals surface area (Å²) in [6, 6.07) is 7.42. The van der Waals surface area contributed by atoms with Crippen molar-refractivity contribution < 1.29 is 38.1 Å². The fraction of sp³-hybridized carbons (Fsp3) is 0.333. The normalized spacial score (nSPS) is 12.5. The number of rotatable bonds is 12. The van der Waals surface area contributed by atoms with E-state index in [9.17, 15) is 28.6 Å². The molecule has 0 aromatic heterocycles. The average Bonchev–Trinajstić information content (AvgIpc) is 2.79. The summed E-state index contributed by atoms with van der Waals surface area (Å²) in [6.07, 6.45) is -0.0889. The van der Waals surface area contributed by atoms with E-state index in [-0.39, 0.29) is 41.1 Å². The lowest BCUT2D eigenvalue weighted by Gasteiger charge is -2.26. The number of ether oxygens (including phenoxy) is 2. The minimum atomic E-state index is -1.71. The number of aliphatic hydroxyl groups excluding tert-OH is 1. The molecule has 1 unspecified atom stereocenters. The van der Waals surface area contributed by atoms with Crippen LogP contribution in [0, 0.1) is 11.6 Å². The van der Waals surface area contributed by atoms with Crippen LogP contribution in [-0.2, 0) is 9.59 Å². The molecule has 0 aliphatic heterocycles. The van der Waals surface area contributed by atoms with Crippen LogP contribution in [0.5, 0.6) is 11.5 Å². The average molecular weight is 507 g/mol. The third-order valence-electron chi connectivity index (χ3n) is 4.34. The molecule has 0 heterocycles. The summed E-state index contributed by atoms with van der Waals surface area (Å²) >= 11 is 11.1. The van der Waals surface area contributed by atoms with Gasteiger partial charge < -0.3 is 30.3 Å². The first-order chi connectivity index (χ1) is 15.6. The van der Waals surface area contributed by atoms with Crippen LogP contribution in [0.2, 0.25) is 10.0 Å². The molecule has 2 rings (SSSR count). The van der Waals surface area contributed by atoms with E-state index in [1.54, 1.807) is 0 Å². The maximum atomic E-state index is 13.4. The minimum Gasteiger partial charge on any atom is -0.484 e. The molecule has 0 saturated heterocycles. The van der Waals surface area contributed by atoms with Crippen LogP contribution in [0.25, 0.3) is 0 Å². The number of halogens is 4. The van der Waals surface area contributed by atoms with E-state index < -0.39 is 48.9 Å². The van der Waals surface area contributed by atoms with Crippen LogP contribution in [-0.4, -0.2) is 60.5 Å². The number of hydrogen-bond acceptors (Lipinski definition) is 6. The second kappa shape index (κ2) is 12.5. The summed E-state index contributed by atoms with van der Waals surface area (Å²) in [5.74, 6) is -2.34. The molecule has 180 valence electrons. The molecule has 0 radical (unpaired) electrons. The van der Waals surface area contributed by atoms with E-state index >= 15 is 0 Å². The maximum Gasteiger partial charge on any atom is 0.258 e. The van der Waals surface area contributed by atoms with Gasteiger partial charge in [0, 0.05) is 25.2 Å². The zero-order valence-electron chi connectivity index (χ0n) is 17.2. The van der Waals surface area contributed by atoms with Crippen LogP contribution < -0.4 is 20.1 Å². The number of amides is 2. The Hall–Kier alpha value is -2.66. The van der Waals surface area contributed by atoms with Crippen molar-refractivity contribution in [1.29, 1.82) is 0 Å². The van der Waals surface area contributed by atoms with Gasteiger partial charge in [-0.15, -0.1) is 0 Å². The van der Waals surface area contributed by atoms with Crippen molar-refractivity contribution in [1.82, 2.24) is 10.6 Å². The van der Waals surface area contributed by atoms with Crippen molar-refractivity contribution in [2.24, 2.45) is 0 Å². The van der Waals surface area contributed by atoms with Crippen molar-refractivity contribution in [3.05, 3.63) is 58.1 Å². The van der Waals surface area contributed by atoms with Crippen molar-refractivity contribution in [2.75, 3.05) is 32.9 Å². The van der Waals surface area contributed by atoms with Gasteiger partial charge in [0.2, 0.25) is 0 Å². The van der Waals surface area contributed by atoms with Crippen LogP contribution in [0.3, 0.4) is 0 Å². The van der Waals surface area contributed by atoms with Gasteiger partial charge in [0.15, 0.2) is 13.2 Å². The molecule has 0 saturated carbocycles. The zero-order chi connectivity index (χ0) is 24.4. The molecule has 2 aromatic carbocycles. The fourth-order valence-electron chi connectivity index (χ4n) is 2.45. The molecule has 2 aromatic rings. The first kappa shape index (κ1) is 26.6. The molecule has 8 nitrogen and oxygen atoms in total. The maximum absolute atomic E-state index is 13.4. The summed E-state index contributed by atoms with van der Waals surface area (Å²) < 4.78 is 37.0. The lowest BCUT2D eigenvalue weighted by molar-refractivity contribution is -0.126. The Morgan fingerprint density at radius 3 is 1.85 bits per heavy atom. The number of hydrogen-bond donors (Lipinski definition) is 4. The highest BCUT2D eigenvalue weighted by Gasteiger charge is 2.26. The third-order valence-corrected chi connectivity index (χ3v) is 4.96. The Bertz CT molecular complexity index is 982. The highest BCUT2D eigenvalue weighted by Crippen LogP contribution is 2.21. The predicted octanol–water partition coefficient (Wildman–Crippen LogP) is 2.08. The van der Waals surface area contributed by atoms with Gasteiger partial charge >= 0.3 is 0 Å². The molecule has 0 aliphatic rings. The quantitative estimate of drug-likeness (QED) is 0.350. The highest BCUT2D eigenvalue weighted by atomic mass is 35.5. The van der Waals surface area contributed by atoms with Gasteiger partial charge in [0.05, 0.1) is 16.7 Å². The number of benzene rings is 2. The molecule has 33 heavy (non-hydrogen) atoms. The number of carbonyl (C=O) groups excluding carboxylic acids is 2. The van der Waals surface area contributed by atoms with E-state index in [4.69, 9.17) is 32.7 Å². The van der Waals surface area contributed by atoms with Crippen molar-refractivity contribution in [3.63, 3.8) is 0 Å². The molecular weight excluding hydrogens is 485 g/mol. The largest absolute Gasteiger partial charge is 0.484 e. The Labute approximate surface area is 198 Å². The van der Waals surface area contributed by atoms with Crippen molar-refractivity contribution in [2.45, 2.75) is 12.0 Å². The Morgan fingerprint density at radius 2 is 1.39 bits per heavy atom. The molecule has 2 amide bonds. The van der Waals surface area contributed by atoms with E-state index in [1.807, 2.05) is 0 Å². The van der Waals surface area contributed by atoms with Gasteiger partial charge in [-0.05, 0) is 30.7 Å². The molecule has 0 bridgehead atoms. The molecule has 12 heteroatoms. The second-order valence-corrected chi connectivity index (χ2v) is 7.80. The summed E-state index contributed by atoms with van der Waals surface area (Å²) in [5.41, 5.74) is -1.71. The first-order valence-corrected chi connectivity index (χ1v) is 10.4. The Balaban J connectivity index is 1.69. The van der Waals surface area contributed by atoms with E-state index in [0.717, 1.165) is 12.1 Å². The summed E-state index contributed by atoms with van der Waals surface area (Å²) in [4.78, 5) is 23.8. The van der Waals surface area contributed by atoms with Crippen molar-refractivity contribution >= 4 is 35.0 Å². The topological polar surface area (TPSA) is 117 Å². The number of aliphatic hydroxyl groups is 2. The Kier molecular flexibility index (Phi) is 10.1. The van der Waals surface area contributed by atoms with Gasteiger partial charge in [-0.2, -0.15) is 0 Å². The van der Waals surface area contributed by atoms with Crippen LogP contribution in [0.4, 0.5) is 8.78 Å². The third kappa shape index (κ3) is 9.01. The van der Waals surface area contributed by atoms with Crippen LogP contribution >= 0.6 is 23.2 Å². The minimum absolute atomic E-state index is 0.0370. The van der Waals surface area contributed by atoms with Gasteiger partial charge in [-0.3, -0.25) is 9.59 Å². The fourth-order valence-corrected chi connectivity index (χ4v) is 2.69. The van der Waals surface area contributed by atoms with Gasteiger partial charge in [0.1, 0.15) is 28.7 Å². The van der Waals surface area contributed by atoms with E-state index in [0.29, 0.717) is 0 Å². The zero-order valence-corrected chi connectivity index (χ0v) is 18.8. The number of nitrogens with one attached hydrogen (secondary N) is 2. The number of carbonyl (C=O) groups is 2. The van der Waals surface area contributed by atoms with Crippen LogP contribution in [0.1, 0.15) is 6.42 Å². The summed E-state index contributed by atoms with van der Waals surface area (Å²) in [7, 11) is 0. The molecule has 0 spiro atoms. The summed E-state index contributed by atoms with van der Waals surface area (Å²) in [5, 5.41) is 24.5. The molecular formula is C21H22Cl2F2N2O6. The van der Waals surface area contributed by atoms with Gasteiger partial charge in [0.25, 0.3) is 11.8 Å². The lowest BCUT2D eigenvalue weighted by atomic mass is 10.0. The Morgan fingerprint density at radius 1 is 0.909 bits per heavy atom. The van der Waals surface area contributed by atoms with Gasteiger partial charge in [-0.1, -0.05) is 23.2 Å². The first-order valence-electron chi connectivity index (χ1n) is 9.64. The molecule has 4 N–H and O–H groups in total. The molecule has 1 atom stereocenters. The van der Waals surface area contributed by atoms with E-state index in [2.05, 4.69) is 10.6 Å².